The highest BCUT2D eigenvalue weighted by molar-refractivity contribution is 9.10. The number of halogens is 1. The average Bonchev–Trinajstić information content (AvgIpc) is 3.21. The monoisotopic (exact) mass is 438 g/mol. The number of hydrogen-bond donors (Lipinski definition) is 0. The molecule has 2 heterocycles. The summed E-state index contributed by atoms with van der Waals surface area (Å²) in [5.41, 5.74) is 7.62. The summed E-state index contributed by atoms with van der Waals surface area (Å²) in [6.07, 6.45) is 0. The fraction of sp³-hybridized carbons (Fsp3) is 0.0769. The summed E-state index contributed by atoms with van der Waals surface area (Å²) in [5, 5.41) is 5.27. The van der Waals surface area contributed by atoms with Crippen molar-refractivity contribution >= 4 is 59.5 Å². The zero-order valence-electron chi connectivity index (χ0n) is 16.3. The van der Waals surface area contributed by atoms with Crippen LogP contribution in [0.5, 0.6) is 0 Å². The third kappa shape index (κ3) is 2.22. The van der Waals surface area contributed by atoms with Crippen molar-refractivity contribution in [2.75, 3.05) is 0 Å². The third-order valence-electron chi connectivity index (χ3n) is 6.20. The van der Waals surface area contributed by atoms with E-state index in [9.17, 15) is 0 Å². The van der Waals surface area contributed by atoms with Crippen molar-refractivity contribution in [3.63, 3.8) is 0 Å². The summed E-state index contributed by atoms with van der Waals surface area (Å²) < 4.78 is 5.78. The van der Waals surface area contributed by atoms with Crippen LogP contribution in [0.1, 0.15) is 0 Å². The van der Waals surface area contributed by atoms with Gasteiger partial charge in [0.1, 0.15) is 0 Å². The third-order valence-corrected chi connectivity index (χ3v) is 6.73. The van der Waals surface area contributed by atoms with Crippen LogP contribution >= 0.6 is 15.9 Å². The van der Waals surface area contributed by atoms with Gasteiger partial charge in [-0.15, -0.1) is 0 Å². The van der Waals surface area contributed by atoms with Gasteiger partial charge < -0.3 is 9.13 Å². The molecule has 140 valence electrons. The Balaban J connectivity index is 1.94. The molecule has 0 spiro atoms. The van der Waals surface area contributed by atoms with Gasteiger partial charge in [0.05, 0.1) is 11.0 Å². The molecule has 0 atom stereocenters. The number of rotatable bonds is 1. The number of benzene rings is 4. The van der Waals surface area contributed by atoms with Crippen LogP contribution in [-0.4, -0.2) is 9.13 Å². The Bertz CT molecular complexity index is 1570. The van der Waals surface area contributed by atoms with Crippen molar-refractivity contribution < 1.29 is 0 Å². The smallest absolute Gasteiger partial charge is 0.0596 e. The molecule has 0 amide bonds. The quantitative estimate of drug-likeness (QED) is 0.253. The van der Waals surface area contributed by atoms with Gasteiger partial charge in [-0.25, -0.2) is 0 Å². The molecular formula is C26H19BrN2. The molecule has 0 radical (unpaired) electrons. The molecule has 0 saturated carbocycles. The molecule has 0 unspecified atom stereocenters. The first-order chi connectivity index (χ1) is 14.1. The van der Waals surface area contributed by atoms with Crippen LogP contribution in [0.15, 0.2) is 83.3 Å². The lowest BCUT2D eigenvalue weighted by molar-refractivity contribution is 1.01. The molecule has 0 aliphatic rings. The predicted molar refractivity (Wildman–Crippen MR) is 128 cm³/mol. The zero-order chi connectivity index (χ0) is 19.7. The molecule has 0 saturated heterocycles. The molecule has 3 heteroatoms. The van der Waals surface area contributed by atoms with E-state index < -0.39 is 0 Å². The predicted octanol–water partition coefficient (Wildman–Crippen LogP) is 7.41. The van der Waals surface area contributed by atoms with Gasteiger partial charge in [-0.05, 0) is 41.5 Å². The summed E-state index contributed by atoms with van der Waals surface area (Å²) in [5.74, 6) is 0. The van der Waals surface area contributed by atoms with Crippen LogP contribution in [0.2, 0.25) is 0 Å². The van der Waals surface area contributed by atoms with Gasteiger partial charge in [0.2, 0.25) is 0 Å². The van der Waals surface area contributed by atoms with Crippen molar-refractivity contribution in [1.29, 1.82) is 0 Å². The second-order valence-corrected chi connectivity index (χ2v) is 8.62. The van der Waals surface area contributed by atoms with Crippen molar-refractivity contribution in [2.24, 2.45) is 14.1 Å². The molecule has 2 aromatic heterocycles. The van der Waals surface area contributed by atoms with E-state index in [1.54, 1.807) is 0 Å². The second-order valence-electron chi connectivity index (χ2n) is 7.70. The molecule has 0 aliphatic carbocycles. The number of hydrogen-bond acceptors (Lipinski definition) is 0. The van der Waals surface area contributed by atoms with Crippen LogP contribution in [-0.2, 0) is 14.1 Å². The molecular weight excluding hydrogens is 420 g/mol. The van der Waals surface area contributed by atoms with Crippen LogP contribution in [0.3, 0.4) is 0 Å². The van der Waals surface area contributed by atoms with Gasteiger partial charge in [-0.3, -0.25) is 0 Å². The second kappa shape index (κ2) is 5.98. The first kappa shape index (κ1) is 16.9. The average molecular weight is 439 g/mol. The van der Waals surface area contributed by atoms with Gasteiger partial charge in [0.25, 0.3) is 0 Å². The minimum Gasteiger partial charge on any atom is -0.344 e. The highest BCUT2D eigenvalue weighted by Crippen LogP contribution is 2.43. The molecule has 0 bridgehead atoms. The molecule has 4 aromatic carbocycles. The normalized spacial score (nSPS) is 12.0. The minimum absolute atomic E-state index is 1.10. The van der Waals surface area contributed by atoms with Crippen LogP contribution in [0.4, 0.5) is 0 Å². The van der Waals surface area contributed by atoms with E-state index >= 15 is 0 Å². The molecule has 2 nitrogen and oxygen atoms in total. The summed E-state index contributed by atoms with van der Waals surface area (Å²) >= 11 is 3.58. The number of aryl methyl sites for hydroxylation is 2. The topological polar surface area (TPSA) is 9.86 Å². The van der Waals surface area contributed by atoms with E-state index in [0.717, 1.165) is 4.47 Å². The Morgan fingerprint density at radius 3 is 1.90 bits per heavy atom. The van der Waals surface area contributed by atoms with E-state index in [1.807, 2.05) is 0 Å². The van der Waals surface area contributed by atoms with E-state index in [4.69, 9.17) is 0 Å². The van der Waals surface area contributed by atoms with E-state index in [0.29, 0.717) is 0 Å². The maximum Gasteiger partial charge on any atom is 0.0596 e. The van der Waals surface area contributed by atoms with Gasteiger partial charge in [-0.1, -0.05) is 64.5 Å². The molecule has 29 heavy (non-hydrogen) atoms. The minimum atomic E-state index is 1.10. The molecule has 0 N–H and O–H groups in total. The SMILES string of the molecule is Cn1c2ccccc2c2c1cc(-c1ccc(Br)cc1)c1c3ccccc3n(C)c12. The molecule has 6 aromatic rings. The lowest BCUT2D eigenvalue weighted by Crippen LogP contribution is -1.91. The maximum atomic E-state index is 3.58. The summed E-state index contributed by atoms with van der Waals surface area (Å²) in [6.45, 7) is 0. The van der Waals surface area contributed by atoms with E-state index in [-0.39, 0.29) is 0 Å². The largest absolute Gasteiger partial charge is 0.344 e. The molecule has 0 fully saturated rings. The number of aromatic nitrogens is 2. The number of fused-ring (bicyclic) bond motifs is 7. The maximum absolute atomic E-state index is 3.58. The van der Waals surface area contributed by atoms with Crippen molar-refractivity contribution in [3.05, 3.63) is 83.3 Å². The fourth-order valence-electron chi connectivity index (χ4n) is 4.86. The Kier molecular flexibility index (Phi) is 3.48. The van der Waals surface area contributed by atoms with Crippen molar-refractivity contribution in [2.45, 2.75) is 0 Å². The first-order valence-corrected chi connectivity index (χ1v) is 10.6. The highest BCUT2D eigenvalue weighted by atomic mass is 79.9. The van der Waals surface area contributed by atoms with Gasteiger partial charge in [0.15, 0.2) is 0 Å². The van der Waals surface area contributed by atoms with Gasteiger partial charge in [-0.2, -0.15) is 0 Å². The standard InChI is InChI=1S/C26H19BrN2/c1-28-21-9-5-4-8-19(21)25-23(28)15-20(16-11-13-17(27)14-12-16)24-18-7-3-6-10-22(18)29(2)26(24)25/h3-15H,1-2H3. The zero-order valence-corrected chi connectivity index (χ0v) is 17.9. The highest BCUT2D eigenvalue weighted by Gasteiger charge is 2.20. The number of para-hydroxylation sites is 2. The first-order valence-electron chi connectivity index (χ1n) is 9.78. The van der Waals surface area contributed by atoms with E-state index in [1.165, 1.54) is 54.7 Å². The summed E-state index contributed by atoms with van der Waals surface area (Å²) in [7, 11) is 4.36. The van der Waals surface area contributed by atoms with Crippen molar-refractivity contribution in [1.82, 2.24) is 9.13 Å². The summed E-state index contributed by atoms with van der Waals surface area (Å²) in [4.78, 5) is 0. The Morgan fingerprint density at radius 1 is 0.621 bits per heavy atom. The van der Waals surface area contributed by atoms with E-state index in [2.05, 4.69) is 118 Å². The van der Waals surface area contributed by atoms with Gasteiger partial charge >= 0.3 is 0 Å². The van der Waals surface area contributed by atoms with Crippen molar-refractivity contribution in [3.8, 4) is 11.1 Å². The Labute approximate surface area is 177 Å². The lowest BCUT2D eigenvalue weighted by Gasteiger charge is -2.09. The summed E-state index contributed by atoms with van der Waals surface area (Å²) in [6, 6.07) is 28.5. The Morgan fingerprint density at radius 2 is 1.21 bits per heavy atom. The molecule has 0 aliphatic heterocycles. The lowest BCUT2D eigenvalue weighted by atomic mass is 9.97. The fourth-order valence-corrected chi connectivity index (χ4v) is 5.12. The molecule has 6 rings (SSSR count). The van der Waals surface area contributed by atoms with Crippen LogP contribution in [0, 0.1) is 0 Å². The van der Waals surface area contributed by atoms with Gasteiger partial charge in [0, 0.05) is 51.1 Å². The van der Waals surface area contributed by atoms with Crippen LogP contribution < -0.4 is 0 Å². The Hall–Kier alpha value is -3.04. The number of nitrogens with zero attached hydrogens (tertiary/aromatic N) is 2. The van der Waals surface area contributed by atoms with Crippen LogP contribution in [0.25, 0.3) is 54.7 Å².